The summed E-state index contributed by atoms with van der Waals surface area (Å²) in [4.78, 5) is 12.3. The summed E-state index contributed by atoms with van der Waals surface area (Å²) in [7, 11) is -1.34. The van der Waals surface area contributed by atoms with Crippen LogP contribution in [0.15, 0.2) is 54.6 Å². The van der Waals surface area contributed by atoms with Crippen LogP contribution in [0, 0.1) is 0 Å². The van der Waals surface area contributed by atoms with Crippen LogP contribution in [0.1, 0.15) is 26.3 Å². The molecule has 0 unspecified atom stereocenters. The maximum atomic E-state index is 12.6. The summed E-state index contributed by atoms with van der Waals surface area (Å²) >= 11 is 0. The average Bonchev–Trinajstić information content (AvgIpc) is 2.56. The molecule has 1 amide bonds. The molecule has 2 aromatic carbocycles. The van der Waals surface area contributed by atoms with Crippen LogP contribution in [0.5, 0.6) is 5.75 Å². The quantitative estimate of drug-likeness (QED) is 0.831. The molecular weight excluding hydrogens is 322 g/mol. The van der Waals surface area contributed by atoms with Crippen molar-refractivity contribution in [3.63, 3.8) is 0 Å². The van der Waals surface area contributed by atoms with Gasteiger partial charge in [-0.25, -0.2) is 0 Å². The summed E-state index contributed by atoms with van der Waals surface area (Å²) < 4.78 is 18.3. The summed E-state index contributed by atoms with van der Waals surface area (Å²) in [6, 6.07) is 16.7. The van der Waals surface area contributed by atoms with E-state index in [1.165, 1.54) is 0 Å². The van der Waals surface area contributed by atoms with Gasteiger partial charge in [-0.1, -0.05) is 36.4 Å². The van der Waals surface area contributed by atoms with Gasteiger partial charge in [0.2, 0.25) is 5.91 Å². The zero-order valence-electron chi connectivity index (χ0n) is 14.2. The fourth-order valence-corrected chi connectivity index (χ4v) is 3.25. The Morgan fingerprint density at radius 2 is 1.67 bits per heavy atom. The second-order valence-corrected chi connectivity index (χ2v) is 7.55. The second kappa shape index (κ2) is 8.64. The van der Waals surface area contributed by atoms with Crippen LogP contribution < -0.4 is 10.1 Å². The minimum atomic E-state index is -1.34. The van der Waals surface area contributed by atoms with Crippen molar-refractivity contribution in [1.29, 1.82) is 0 Å². The van der Waals surface area contributed by atoms with E-state index in [1.54, 1.807) is 19.1 Å². The van der Waals surface area contributed by atoms with Crippen molar-refractivity contribution in [2.24, 2.45) is 0 Å². The molecular formula is C19H23NO3S. The molecule has 2 rings (SSSR count). The van der Waals surface area contributed by atoms with Crippen molar-refractivity contribution >= 4 is 22.4 Å². The van der Waals surface area contributed by atoms with Crippen molar-refractivity contribution in [3.8, 4) is 5.75 Å². The Bertz CT molecular complexity index is 701. The van der Waals surface area contributed by atoms with E-state index < -0.39 is 16.0 Å². The highest BCUT2D eigenvalue weighted by Crippen LogP contribution is 2.22. The standard InChI is InChI=1S/C19H23NO3S/c1-14(2)23-18-12-8-7-9-16(18)13-24(22)15(3)19(21)20-17-10-5-4-6-11-17/h4-12,14-15H,13H2,1-3H3,(H,20,21)/t15-,24-/m0/s1. The Hall–Kier alpha value is -2.14. The molecule has 0 radical (unpaired) electrons. The number of nitrogens with one attached hydrogen (secondary N) is 1. The van der Waals surface area contributed by atoms with Crippen LogP contribution in [-0.4, -0.2) is 21.5 Å². The molecule has 5 heteroatoms. The van der Waals surface area contributed by atoms with Crippen LogP contribution in [0.4, 0.5) is 5.69 Å². The van der Waals surface area contributed by atoms with E-state index in [1.807, 2.05) is 56.3 Å². The molecule has 1 N–H and O–H groups in total. The number of anilines is 1. The van der Waals surface area contributed by atoms with Crippen molar-refractivity contribution in [2.45, 2.75) is 37.9 Å². The van der Waals surface area contributed by atoms with E-state index in [-0.39, 0.29) is 17.8 Å². The smallest absolute Gasteiger partial charge is 0.239 e. The molecule has 0 aromatic heterocycles. The summed E-state index contributed by atoms with van der Waals surface area (Å²) in [6.07, 6.45) is 0.0402. The first-order valence-corrected chi connectivity index (χ1v) is 9.33. The molecule has 0 saturated heterocycles. The van der Waals surface area contributed by atoms with Crippen LogP contribution in [-0.2, 0) is 21.3 Å². The Labute approximate surface area is 145 Å². The zero-order valence-corrected chi connectivity index (χ0v) is 15.0. The highest BCUT2D eigenvalue weighted by atomic mass is 32.2. The van der Waals surface area contributed by atoms with E-state index in [0.29, 0.717) is 5.69 Å². The van der Waals surface area contributed by atoms with Gasteiger partial charge in [0.15, 0.2) is 0 Å². The van der Waals surface area contributed by atoms with Gasteiger partial charge in [0.25, 0.3) is 0 Å². The third kappa shape index (κ3) is 5.20. The lowest BCUT2D eigenvalue weighted by molar-refractivity contribution is -0.115. The van der Waals surface area contributed by atoms with Gasteiger partial charge in [0.1, 0.15) is 11.0 Å². The van der Waals surface area contributed by atoms with E-state index in [9.17, 15) is 9.00 Å². The van der Waals surface area contributed by atoms with E-state index in [0.717, 1.165) is 11.3 Å². The monoisotopic (exact) mass is 345 g/mol. The number of ether oxygens (including phenoxy) is 1. The van der Waals surface area contributed by atoms with E-state index >= 15 is 0 Å². The first-order valence-electron chi connectivity index (χ1n) is 7.95. The molecule has 4 nitrogen and oxygen atoms in total. The zero-order chi connectivity index (χ0) is 17.5. The normalized spacial score (nSPS) is 13.3. The molecule has 0 aliphatic carbocycles. The van der Waals surface area contributed by atoms with E-state index in [2.05, 4.69) is 5.32 Å². The molecule has 0 bridgehead atoms. The fraction of sp³-hybridized carbons (Fsp3) is 0.316. The molecule has 0 spiro atoms. The van der Waals surface area contributed by atoms with Gasteiger partial charge in [-0.15, -0.1) is 0 Å². The largest absolute Gasteiger partial charge is 0.491 e. The third-order valence-electron chi connectivity index (χ3n) is 3.44. The number of hydrogen-bond acceptors (Lipinski definition) is 3. The average molecular weight is 345 g/mol. The minimum Gasteiger partial charge on any atom is -0.491 e. The first kappa shape index (κ1) is 18.2. The van der Waals surface area contributed by atoms with Crippen molar-refractivity contribution in [3.05, 3.63) is 60.2 Å². The van der Waals surface area contributed by atoms with Crippen molar-refractivity contribution in [2.75, 3.05) is 5.32 Å². The summed E-state index contributed by atoms with van der Waals surface area (Å²) in [6.45, 7) is 5.58. The fourth-order valence-electron chi connectivity index (χ4n) is 2.16. The molecule has 0 heterocycles. The van der Waals surface area contributed by atoms with Gasteiger partial charge >= 0.3 is 0 Å². The Morgan fingerprint density at radius 3 is 2.33 bits per heavy atom. The number of hydrogen-bond donors (Lipinski definition) is 1. The highest BCUT2D eigenvalue weighted by Gasteiger charge is 2.21. The first-order chi connectivity index (χ1) is 11.5. The Kier molecular flexibility index (Phi) is 6.55. The molecule has 2 atom stereocenters. The van der Waals surface area contributed by atoms with Crippen LogP contribution in [0.2, 0.25) is 0 Å². The maximum absolute atomic E-state index is 12.6. The third-order valence-corrected chi connectivity index (χ3v) is 5.04. The summed E-state index contributed by atoms with van der Waals surface area (Å²) in [5.74, 6) is 0.755. The van der Waals surface area contributed by atoms with Gasteiger partial charge in [-0.05, 0) is 39.0 Å². The van der Waals surface area contributed by atoms with Crippen molar-refractivity contribution < 1.29 is 13.7 Å². The van der Waals surface area contributed by atoms with E-state index in [4.69, 9.17) is 4.74 Å². The second-order valence-electron chi connectivity index (χ2n) is 5.80. The lowest BCUT2D eigenvalue weighted by Gasteiger charge is -2.16. The van der Waals surface area contributed by atoms with Crippen LogP contribution >= 0.6 is 0 Å². The van der Waals surface area contributed by atoms with Crippen LogP contribution in [0.25, 0.3) is 0 Å². The molecule has 0 aliphatic heterocycles. The lowest BCUT2D eigenvalue weighted by Crippen LogP contribution is -2.29. The molecule has 2 aromatic rings. The predicted molar refractivity (Wildman–Crippen MR) is 98.6 cm³/mol. The summed E-state index contributed by atoms with van der Waals surface area (Å²) in [5, 5.41) is 2.18. The van der Waals surface area contributed by atoms with Crippen LogP contribution in [0.3, 0.4) is 0 Å². The van der Waals surface area contributed by atoms with Gasteiger partial charge in [-0.3, -0.25) is 9.00 Å². The molecule has 0 fully saturated rings. The van der Waals surface area contributed by atoms with Gasteiger partial charge in [0.05, 0.1) is 11.9 Å². The van der Waals surface area contributed by atoms with Crippen molar-refractivity contribution in [1.82, 2.24) is 0 Å². The van der Waals surface area contributed by atoms with Gasteiger partial charge in [-0.2, -0.15) is 0 Å². The Morgan fingerprint density at radius 1 is 1.04 bits per heavy atom. The Balaban J connectivity index is 2.02. The number of para-hydroxylation sites is 2. The number of benzene rings is 2. The molecule has 0 saturated carbocycles. The number of carbonyl (C=O) groups is 1. The number of carbonyl (C=O) groups excluding carboxylic acids is 1. The lowest BCUT2D eigenvalue weighted by atomic mass is 10.2. The SMILES string of the molecule is CC(C)Oc1ccccc1C[S@](=O)[C@@H](C)C(=O)Nc1ccccc1. The highest BCUT2D eigenvalue weighted by molar-refractivity contribution is 7.85. The number of amides is 1. The predicted octanol–water partition coefficient (Wildman–Crippen LogP) is 3.75. The summed E-state index contributed by atoms with van der Waals surface area (Å²) in [5.41, 5.74) is 1.55. The molecule has 24 heavy (non-hydrogen) atoms. The molecule has 128 valence electrons. The van der Waals surface area contributed by atoms with Gasteiger partial charge < -0.3 is 10.1 Å². The maximum Gasteiger partial charge on any atom is 0.239 e. The minimum absolute atomic E-state index is 0.0402. The topological polar surface area (TPSA) is 55.4 Å². The number of rotatable bonds is 7. The van der Waals surface area contributed by atoms with Gasteiger partial charge in [0, 0.05) is 22.1 Å². The molecule has 0 aliphatic rings.